The van der Waals surface area contributed by atoms with Crippen LogP contribution in [0.25, 0.3) is 6.08 Å². The van der Waals surface area contributed by atoms with Gasteiger partial charge in [0.15, 0.2) is 16.2 Å². The fourth-order valence-electron chi connectivity index (χ4n) is 2.67. The molecule has 2 atom stereocenters. The molecule has 22 heavy (non-hydrogen) atoms. The molecule has 0 bridgehead atoms. The van der Waals surface area contributed by atoms with Crippen molar-refractivity contribution in [3.05, 3.63) is 64.9 Å². The number of halogens is 2. The molecule has 0 saturated heterocycles. The van der Waals surface area contributed by atoms with Crippen LogP contribution < -0.4 is 0 Å². The van der Waals surface area contributed by atoms with Crippen LogP contribution in [0, 0.1) is 0 Å². The maximum atomic E-state index is 6.26. The summed E-state index contributed by atoms with van der Waals surface area (Å²) in [6.45, 7) is 6.59. The molecule has 0 aliphatic heterocycles. The lowest BCUT2D eigenvalue weighted by molar-refractivity contribution is 1.03. The van der Waals surface area contributed by atoms with E-state index in [2.05, 4.69) is 75.0 Å². The van der Waals surface area contributed by atoms with Crippen LogP contribution in [0.3, 0.4) is 0 Å². The molecule has 2 aliphatic rings. The van der Waals surface area contributed by atoms with Gasteiger partial charge in [0.05, 0.1) is 0 Å². The minimum atomic E-state index is -1.08. The normalized spacial score (nSPS) is 18.7. The molecule has 4 heteroatoms. The number of benzene rings is 1. The van der Waals surface area contributed by atoms with E-state index in [9.17, 15) is 0 Å². The summed E-state index contributed by atoms with van der Waals surface area (Å²) in [5, 5.41) is 1.47. The highest BCUT2D eigenvalue weighted by Crippen LogP contribution is 2.29. The molecular formula is C18H24Cl2Si2. The smallest absolute Gasteiger partial charge is 0.164 e. The minimum absolute atomic E-state index is 0.599. The largest absolute Gasteiger partial charge is 0.170 e. The van der Waals surface area contributed by atoms with Crippen LogP contribution in [0.5, 0.6) is 0 Å². The van der Waals surface area contributed by atoms with Gasteiger partial charge in [0, 0.05) is 5.54 Å². The molecule has 0 heterocycles. The van der Waals surface area contributed by atoms with Crippen molar-refractivity contribution in [1.82, 2.24) is 0 Å². The fraction of sp³-hybridized carbons (Fsp3) is 0.333. The summed E-state index contributed by atoms with van der Waals surface area (Å²) in [6, 6.07) is 8.53. The van der Waals surface area contributed by atoms with Gasteiger partial charge in [-0.05, 0) is 23.1 Å². The van der Waals surface area contributed by atoms with Crippen LogP contribution in [0.15, 0.2) is 53.8 Å². The molecule has 0 fully saturated rings. The monoisotopic (exact) mass is 366 g/mol. The summed E-state index contributed by atoms with van der Waals surface area (Å²) in [5.41, 5.74) is 4.10. The molecule has 0 radical (unpaired) electrons. The molecule has 0 amide bonds. The molecule has 3 rings (SSSR count). The maximum absolute atomic E-state index is 6.26. The van der Waals surface area contributed by atoms with E-state index < -0.39 is 16.2 Å². The van der Waals surface area contributed by atoms with E-state index in [1.165, 1.54) is 16.3 Å². The maximum Gasteiger partial charge on any atom is 0.164 e. The van der Waals surface area contributed by atoms with Gasteiger partial charge in [-0.2, -0.15) is 22.2 Å². The number of hydrogen-bond acceptors (Lipinski definition) is 0. The van der Waals surface area contributed by atoms with Crippen LogP contribution >= 0.6 is 22.2 Å². The van der Waals surface area contributed by atoms with Crippen molar-refractivity contribution in [3.8, 4) is 0 Å². The van der Waals surface area contributed by atoms with E-state index >= 15 is 0 Å². The first kappa shape index (κ1) is 17.8. The molecule has 0 nitrogen and oxygen atoms in total. The van der Waals surface area contributed by atoms with E-state index in [1.54, 1.807) is 0 Å². The predicted octanol–water partition coefficient (Wildman–Crippen LogP) is 5.61. The lowest BCUT2D eigenvalue weighted by Crippen LogP contribution is -2.13. The Kier molecular flexibility index (Phi) is 6.75. The van der Waals surface area contributed by atoms with Crippen LogP contribution in [-0.4, -0.2) is 16.2 Å². The third kappa shape index (κ3) is 4.72. The molecule has 118 valence electrons. The minimum Gasteiger partial charge on any atom is -0.170 e. The Morgan fingerprint density at radius 3 is 2.27 bits per heavy atom. The van der Waals surface area contributed by atoms with Crippen molar-refractivity contribution < 1.29 is 0 Å². The zero-order chi connectivity index (χ0) is 16.1. The Hall–Kier alpha value is -0.546. The first-order valence-electron chi connectivity index (χ1n) is 7.90. The summed E-state index contributed by atoms with van der Waals surface area (Å²) in [7, 11) is -2.11. The summed E-state index contributed by atoms with van der Waals surface area (Å²) in [6.07, 6.45) is 12.0. The molecule has 0 aromatic heterocycles. The van der Waals surface area contributed by atoms with Gasteiger partial charge in [0.25, 0.3) is 0 Å². The second-order valence-electron chi connectivity index (χ2n) is 6.25. The highest BCUT2D eigenvalue weighted by Gasteiger charge is 2.20. The Bertz CT molecular complexity index is 577. The van der Waals surface area contributed by atoms with E-state index in [0.717, 1.165) is 6.42 Å². The number of rotatable bonds is 3. The third-order valence-corrected chi connectivity index (χ3v) is 11.2. The van der Waals surface area contributed by atoms with E-state index in [4.69, 9.17) is 22.2 Å². The van der Waals surface area contributed by atoms with Gasteiger partial charge in [-0.1, -0.05) is 80.2 Å². The SMILES string of the molecule is CC(C)[SiH](Cl)C1C=CC=C1.C[SiH](Cl)C1=Cc2ccccc2C1. The van der Waals surface area contributed by atoms with Crippen LogP contribution in [0.1, 0.15) is 25.0 Å². The summed E-state index contributed by atoms with van der Waals surface area (Å²) < 4.78 is 0. The standard InChI is InChI=1S/C10H11ClSi.C8H13ClSi/c1-12(11)10-6-8-4-2-3-5-9(8)7-10;1-7(2)10(9)8-5-3-4-6-8/h2-6,12H,7H2,1H3;3-8,10H,1-2H3. The Morgan fingerprint density at radius 1 is 1.09 bits per heavy atom. The molecule has 2 aliphatic carbocycles. The second kappa shape index (κ2) is 8.35. The lowest BCUT2D eigenvalue weighted by Gasteiger charge is -2.14. The molecule has 0 spiro atoms. The molecular weight excluding hydrogens is 343 g/mol. The van der Waals surface area contributed by atoms with Gasteiger partial charge in [-0.3, -0.25) is 0 Å². The zero-order valence-corrected chi connectivity index (χ0v) is 17.3. The van der Waals surface area contributed by atoms with Gasteiger partial charge in [-0.25, -0.2) is 0 Å². The molecule has 1 aromatic rings. The number of allylic oxidation sites excluding steroid dienone is 5. The molecule has 1 aromatic carbocycles. The average molecular weight is 367 g/mol. The first-order valence-corrected chi connectivity index (χ1v) is 14.5. The third-order valence-electron chi connectivity index (χ3n) is 4.08. The lowest BCUT2D eigenvalue weighted by atomic mass is 10.1. The number of hydrogen-bond donors (Lipinski definition) is 0. The Morgan fingerprint density at radius 2 is 1.73 bits per heavy atom. The van der Waals surface area contributed by atoms with Crippen molar-refractivity contribution in [2.24, 2.45) is 0 Å². The second-order valence-corrected chi connectivity index (χ2v) is 14.7. The quantitative estimate of drug-likeness (QED) is 0.481. The van der Waals surface area contributed by atoms with Gasteiger partial charge < -0.3 is 0 Å². The zero-order valence-electron chi connectivity index (χ0n) is 13.5. The first-order chi connectivity index (χ1) is 10.5. The molecule has 2 unspecified atom stereocenters. The van der Waals surface area contributed by atoms with E-state index in [0.29, 0.717) is 11.1 Å². The topological polar surface area (TPSA) is 0 Å². The van der Waals surface area contributed by atoms with Crippen molar-refractivity contribution in [1.29, 1.82) is 0 Å². The predicted molar refractivity (Wildman–Crippen MR) is 107 cm³/mol. The van der Waals surface area contributed by atoms with Gasteiger partial charge in [0.2, 0.25) is 0 Å². The van der Waals surface area contributed by atoms with Crippen molar-refractivity contribution in [2.45, 2.75) is 37.9 Å². The van der Waals surface area contributed by atoms with E-state index in [1.807, 2.05) is 0 Å². The highest BCUT2D eigenvalue weighted by molar-refractivity contribution is 7.10. The summed E-state index contributed by atoms with van der Waals surface area (Å²) in [5.74, 6) is 0. The fourth-order valence-corrected chi connectivity index (χ4v) is 6.07. The van der Waals surface area contributed by atoms with Crippen molar-refractivity contribution in [2.75, 3.05) is 0 Å². The van der Waals surface area contributed by atoms with Crippen LogP contribution in [-0.2, 0) is 6.42 Å². The summed E-state index contributed by atoms with van der Waals surface area (Å²) >= 11 is 12.4. The number of fused-ring (bicyclic) bond motifs is 1. The molecule has 0 N–H and O–H groups in total. The van der Waals surface area contributed by atoms with Gasteiger partial charge in [-0.15, -0.1) is 0 Å². The van der Waals surface area contributed by atoms with Gasteiger partial charge in [0.1, 0.15) is 0 Å². The van der Waals surface area contributed by atoms with Gasteiger partial charge >= 0.3 is 0 Å². The highest BCUT2D eigenvalue weighted by atomic mass is 35.6. The van der Waals surface area contributed by atoms with Crippen LogP contribution in [0.4, 0.5) is 0 Å². The van der Waals surface area contributed by atoms with Crippen molar-refractivity contribution >= 4 is 44.4 Å². The van der Waals surface area contributed by atoms with E-state index in [-0.39, 0.29) is 0 Å². The molecule has 0 saturated carbocycles. The Labute approximate surface area is 147 Å². The summed E-state index contributed by atoms with van der Waals surface area (Å²) in [4.78, 5) is 0. The average Bonchev–Trinajstić information content (AvgIpc) is 3.16. The van der Waals surface area contributed by atoms with Crippen molar-refractivity contribution in [3.63, 3.8) is 0 Å². The Balaban J connectivity index is 0.000000164. The van der Waals surface area contributed by atoms with Crippen LogP contribution in [0.2, 0.25) is 17.6 Å².